The summed E-state index contributed by atoms with van der Waals surface area (Å²) in [6.07, 6.45) is 3.86. The van der Waals surface area contributed by atoms with E-state index in [4.69, 9.17) is 32.7 Å². The van der Waals surface area contributed by atoms with Gasteiger partial charge in [-0.3, -0.25) is 19.5 Å². The fourth-order valence-corrected chi connectivity index (χ4v) is 7.06. The lowest BCUT2D eigenvalue weighted by Crippen LogP contribution is -2.29. The summed E-state index contributed by atoms with van der Waals surface area (Å²) in [5.41, 5.74) is 1.65. The highest BCUT2D eigenvalue weighted by atomic mass is 35.5. The number of carbonyl (C=O) groups is 2. The Morgan fingerprint density at radius 3 is 2.53 bits per heavy atom. The molecular formula is C32H30Cl2N4O5S2. The zero-order chi connectivity index (χ0) is 32.1. The molecule has 5 rings (SSSR count). The van der Waals surface area contributed by atoms with Crippen LogP contribution in [0, 0.1) is 5.92 Å². The fourth-order valence-electron chi connectivity index (χ4n) is 4.63. The third kappa shape index (κ3) is 7.44. The van der Waals surface area contributed by atoms with E-state index in [2.05, 4.69) is 29.0 Å². The van der Waals surface area contributed by atoms with Crippen molar-refractivity contribution < 1.29 is 24.2 Å². The predicted octanol–water partition coefficient (Wildman–Crippen LogP) is 7.98. The maximum absolute atomic E-state index is 13.6. The first kappa shape index (κ1) is 32.7. The zero-order valence-corrected chi connectivity index (χ0v) is 27.8. The standard InChI is InChI=1S/C32H30Cl2N4O5S2/c1-4-42-25-15-20(6-8-24(25)43-14-11-18(2)3)27-26(28(39)19-9-12-35-13-10-19)29(40)30(41)38(27)31-36-37-32(45-31)44-17-21-5-7-22(33)16-23(21)34/h5-10,12-13,15-16,18,27,39H,4,11,14,17H2,1-3H3/b28-26+. The van der Waals surface area contributed by atoms with Crippen LogP contribution in [-0.2, 0) is 15.3 Å². The molecule has 4 aromatic rings. The SMILES string of the molecule is CCOc1cc(C2/C(=C(\O)c3ccncc3)C(=O)C(=O)N2c2nnc(SCc3ccc(Cl)cc3Cl)s2)ccc1OCCC(C)C. The normalized spacial score (nSPS) is 16.0. The molecule has 0 radical (unpaired) electrons. The largest absolute Gasteiger partial charge is 0.507 e. The molecule has 0 aliphatic carbocycles. The molecule has 0 bridgehead atoms. The van der Waals surface area contributed by atoms with Crippen molar-refractivity contribution in [1.82, 2.24) is 15.2 Å². The number of ketones is 1. The van der Waals surface area contributed by atoms with E-state index >= 15 is 0 Å². The first-order valence-electron chi connectivity index (χ1n) is 14.2. The van der Waals surface area contributed by atoms with Crippen LogP contribution in [-0.4, -0.2) is 45.2 Å². The van der Waals surface area contributed by atoms with E-state index in [1.165, 1.54) is 29.1 Å². The summed E-state index contributed by atoms with van der Waals surface area (Å²) < 4.78 is 12.5. The zero-order valence-electron chi connectivity index (χ0n) is 24.7. The van der Waals surface area contributed by atoms with Crippen LogP contribution >= 0.6 is 46.3 Å². The molecule has 1 unspecified atom stereocenters. The number of thioether (sulfide) groups is 1. The van der Waals surface area contributed by atoms with E-state index in [-0.39, 0.29) is 16.5 Å². The van der Waals surface area contributed by atoms with Crippen LogP contribution in [0.3, 0.4) is 0 Å². The number of benzene rings is 2. The van der Waals surface area contributed by atoms with Crippen molar-refractivity contribution in [3.8, 4) is 11.5 Å². The Kier molecular flexibility index (Phi) is 10.7. The van der Waals surface area contributed by atoms with Crippen molar-refractivity contribution in [3.63, 3.8) is 0 Å². The maximum atomic E-state index is 13.6. The van der Waals surface area contributed by atoms with E-state index in [1.807, 2.05) is 13.0 Å². The Labute approximate surface area is 279 Å². The maximum Gasteiger partial charge on any atom is 0.301 e. The van der Waals surface area contributed by atoms with Crippen LogP contribution in [0.15, 0.2) is 70.8 Å². The predicted molar refractivity (Wildman–Crippen MR) is 178 cm³/mol. The van der Waals surface area contributed by atoms with E-state index in [0.717, 1.165) is 23.3 Å². The Balaban J connectivity index is 1.54. The van der Waals surface area contributed by atoms with Crippen molar-refractivity contribution in [2.75, 3.05) is 18.1 Å². The molecule has 1 saturated heterocycles. The molecular weight excluding hydrogens is 655 g/mol. The van der Waals surface area contributed by atoms with Gasteiger partial charge in [-0.05, 0) is 66.8 Å². The summed E-state index contributed by atoms with van der Waals surface area (Å²) in [7, 11) is 0. The fraction of sp³-hybridized carbons (Fsp3) is 0.281. The number of ether oxygens (including phenoxy) is 2. The highest BCUT2D eigenvalue weighted by Crippen LogP contribution is 2.46. The third-order valence-corrected chi connectivity index (χ3v) is 9.59. The average Bonchev–Trinajstić information content (AvgIpc) is 3.59. The molecule has 45 heavy (non-hydrogen) atoms. The van der Waals surface area contributed by atoms with Crippen molar-refractivity contribution in [2.24, 2.45) is 5.92 Å². The van der Waals surface area contributed by atoms with Gasteiger partial charge in [-0.15, -0.1) is 10.2 Å². The van der Waals surface area contributed by atoms with Crippen LogP contribution in [0.25, 0.3) is 5.76 Å². The molecule has 1 N–H and O–H groups in total. The molecule has 234 valence electrons. The molecule has 2 aromatic heterocycles. The summed E-state index contributed by atoms with van der Waals surface area (Å²) in [5, 5.41) is 21.2. The lowest BCUT2D eigenvalue weighted by Gasteiger charge is -2.23. The van der Waals surface area contributed by atoms with Crippen molar-refractivity contribution in [2.45, 2.75) is 43.3 Å². The quantitative estimate of drug-likeness (QED) is 0.0521. The van der Waals surface area contributed by atoms with Crippen molar-refractivity contribution in [1.29, 1.82) is 0 Å². The first-order valence-corrected chi connectivity index (χ1v) is 16.7. The van der Waals surface area contributed by atoms with Gasteiger partial charge in [0.25, 0.3) is 5.78 Å². The highest BCUT2D eigenvalue weighted by Gasteiger charge is 2.48. The molecule has 1 atom stereocenters. The molecule has 1 aliphatic rings. The second-order valence-electron chi connectivity index (χ2n) is 10.5. The van der Waals surface area contributed by atoms with Crippen LogP contribution < -0.4 is 14.4 Å². The number of nitrogens with zero attached hydrogens (tertiary/aromatic N) is 4. The lowest BCUT2D eigenvalue weighted by molar-refractivity contribution is -0.132. The van der Waals surface area contributed by atoms with Gasteiger partial charge in [-0.25, -0.2) is 0 Å². The lowest BCUT2D eigenvalue weighted by atomic mass is 9.95. The van der Waals surface area contributed by atoms with E-state index < -0.39 is 17.7 Å². The number of Topliss-reactive ketones (excluding diaryl/α,β-unsaturated/α-hetero) is 1. The molecule has 2 aromatic carbocycles. The second kappa shape index (κ2) is 14.6. The Hall–Kier alpha value is -3.64. The summed E-state index contributed by atoms with van der Waals surface area (Å²) in [6.45, 7) is 6.97. The van der Waals surface area contributed by atoms with Crippen molar-refractivity contribution >= 4 is 68.9 Å². The molecule has 0 spiro atoms. The molecule has 3 heterocycles. The molecule has 0 saturated carbocycles. The van der Waals surface area contributed by atoms with Gasteiger partial charge >= 0.3 is 5.91 Å². The summed E-state index contributed by atoms with van der Waals surface area (Å²) in [5.74, 6) is -0.0448. The molecule has 1 amide bonds. The number of hydrogen-bond acceptors (Lipinski definition) is 10. The summed E-state index contributed by atoms with van der Waals surface area (Å²) >= 11 is 14.9. The number of anilines is 1. The number of rotatable bonds is 12. The van der Waals surface area contributed by atoms with Gasteiger partial charge in [0.2, 0.25) is 5.13 Å². The molecule has 13 heteroatoms. The highest BCUT2D eigenvalue weighted by molar-refractivity contribution is 8.00. The van der Waals surface area contributed by atoms with Gasteiger partial charge in [-0.2, -0.15) is 0 Å². The number of aliphatic hydroxyl groups excluding tert-OH is 1. The topological polar surface area (TPSA) is 115 Å². The minimum absolute atomic E-state index is 0.0838. The average molecular weight is 686 g/mol. The minimum atomic E-state index is -1.02. The van der Waals surface area contributed by atoms with Gasteiger partial charge in [-0.1, -0.05) is 72.3 Å². The van der Waals surface area contributed by atoms with E-state index in [0.29, 0.717) is 61.9 Å². The third-order valence-electron chi connectivity index (χ3n) is 6.90. The number of pyridine rings is 1. The number of hydrogen-bond donors (Lipinski definition) is 1. The van der Waals surface area contributed by atoms with Crippen molar-refractivity contribution in [3.05, 3.63) is 93.2 Å². The van der Waals surface area contributed by atoms with Crippen LogP contribution in [0.5, 0.6) is 11.5 Å². The van der Waals surface area contributed by atoms with Crippen LogP contribution in [0.4, 0.5) is 5.13 Å². The number of aromatic nitrogens is 3. The second-order valence-corrected chi connectivity index (χ2v) is 13.5. The Morgan fingerprint density at radius 2 is 1.82 bits per heavy atom. The number of aliphatic hydroxyl groups is 1. The number of halogens is 2. The van der Waals surface area contributed by atoms with Crippen LogP contribution in [0.2, 0.25) is 10.0 Å². The molecule has 1 fully saturated rings. The summed E-state index contributed by atoms with van der Waals surface area (Å²) in [4.78, 5) is 32.5. The summed E-state index contributed by atoms with van der Waals surface area (Å²) in [6, 6.07) is 12.6. The Bertz CT molecular complexity index is 1730. The van der Waals surface area contributed by atoms with Gasteiger partial charge < -0.3 is 14.6 Å². The minimum Gasteiger partial charge on any atom is -0.507 e. The van der Waals surface area contributed by atoms with E-state index in [1.54, 1.807) is 42.5 Å². The first-order chi connectivity index (χ1) is 21.7. The van der Waals surface area contributed by atoms with Gasteiger partial charge in [0.1, 0.15) is 5.76 Å². The molecule has 1 aliphatic heterocycles. The Morgan fingerprint density at radius 1 is 1.04 bits per heavy atom. The van der Waals surface area contributed by atoms with Crippen LogP contribution in [0.1, 0.15) is 49.9 Å². The van der Waals surface area contributed by atoms with E-state index in [9.17, 15) is 14.7 Å². The van der Waals surface area contributed by atoms with Gasteiger partial charge in [0.05, 0.1) is 24.8 Å². The monoisotopic (exact) mass is 684 g/mol. The smallest absolute Gasteiger partial charge is 0.301 e. The number of carbonyl (C=O) groups excluding carboxylic acids is 2. The molecule has 9 nitrogen and oxygen atoms in total. The number of amides is 1. The van der Waals surface area contributed by atoms with Gasteiger partial charge in [0, 0.05) is 33.8 Å². The van der Waals surface area contributed by atoms with Gasteiger partial charge in [0.15, 0.2) is 15.8 Å².